The summed E-state index contributed by atoms with van der Waals surface area (Å²) in [5.41, 5.74) is 0.872. The van der Waals surface area contributed by atoms with Crippen LogP contribution in [-0.2, 0) is 14.8 Å². The Kier molecular flexibility index (Phi) is 7.00. The molecule has 1 amide bonds. The van der Waals surface area contributed by atoms with Gasteiger partial charge in [-0.2, -0.15) is 4.31 Å². The number of carbonyl (C=O) groups excluding carboxylic acids is 1. The average molecular weight is 412 g/mol. The first-order chi connectivity index (χ1) is 13.1. The third-order valence-corrected chi connectivity index (χ3v) is 6.49. The highest BCUT2D eigenvalue weighted by molar-refractivity contribution is 7.89. The molecule has 1 heterocycles. The molecule has 0 aliphatic heterocycles. The summed E-state index contributed by atoms with van der Waals surface area (Å²) in [6, 6.07) is 4.62. The second-order valence-corrected chi connectivity index (χ2v) is 8.90. The van der Waals surface area contributed by atoms with Gasteiger partial charge in [0.15, 0.2) is 6.61 Å². The molecule has 156 valence electrons. The van der Waals surface area contributed by atoms with Crippen LogP contribution in [0.4, 0.5) is 0 Å². The summed E-state index contributed by atoms with van der Waals surface area (Å²) in [6.45, 7) is 11.9. The third-order valence-electron chi connectivity index (χ3n) is 4.44. The molecule has 0 unspecified atom stereocenters. The molecule has 2 aromatic rings. The molecule has 1 aromatic heterocycles. The number of rotatable bonds is 9. The van der Waals surface area contributed by atoms with Gasteiger partial charge in [0.05, 0.1) is 4.90 Å². The van der Waals surface area contributed by atoms with Gasteiger partial charge in [-0.25, -0.2) is 8.42 Å². The molecule has 1 aromatic carbocycles. The Morgan fingerprint density at radius 1 is 1.14 bits per heavy atom. The number of aromatic nitrogens is 3. The van der Waals surface area contributed by atoms with Crippen molar-refractivity contribution in [1.29, 1.82) is 0 Å². The third kappa shape index (κ3) is 4.44. The van der Waals surface area contributed by atoms with Crippen molar-refractivity contribution in [2.24, 2.45) is 0 Å². The van der Waals surface area contributed by atoms with E-state index in [2.05, 4.69) is 10.3 Å². The summed E-state index contributed by atoms with van der Waals surface area (Å²) in [5.74, 6) is -0.180. The minimum absolute atomic E-state index is 0.0365. The maximum Gasteiger partial charge on any atom is 0.263 e. The molecular formula is C18H29N5O4S. The standard InChI is InChI=1S/C18H29N5O4S/c1-7-21(8-2)28(25,26)15-9-10-16-17(11-15)23(20-19-16)27-12-18(24)22(13(3)4)14(5)6/h9-11,13-14H,7-8,12H2,1-6H3. The molecule has 0 fully saturated rings. The monoisotopic (exact) mass is 411 g/mol. The van der Waals surface area contributed by atoms with Crippen molar-refractivity contribution in [3.8, 4) is 0 Å². The van der Waals surface area contributed by atoms with Crippen molar-refractivity contribution < 1.29 is 18.0 Å². The number of benzene rings is 1. The van der Waals surface area contributed by atoms with Gasteiger partial charge in [-0.1, -0.05) is 18.7 Å². The molecule has 2 rings (SSSR count). The van der Waals surface area contributed by atoms with Gasteiger partial charge >= 0.3 is 0 Å². The maximum atomic E-state index is 12.8. The first-order valence-corrected chi connectivity index (χ1v) is 10.9. The van der Waals surface area contributed by atoms with Crippen molar-refractivity contribution in [2.75, 3.05) is 19.7 Å². The van der Waals surface area contributed by atoms with Gasteiger partial charge in [0.1, 0.15) is 11.0 Å². The first-order valence-electron chi connectivity index (χ1n) is 9.43. The number of nitrogens with zero attached hydrogens (tertiary/aromatic N) is 5. The number of amides is 1. The van der Waals surface area contributed by atoms with Crippen LogP contribution < -0.4 is 4.84 Å². The normalized spacial score (nSPS) is 12.3. The zero-order chi connectivity index (χ0) is 21.1. The second kappa shape index (κ2) is 8.87. The maximum absolute atomic E-state index is 12.8. The van der Waals surface area contributed by atoms with E-state index in [0.717, 1.165) is 4.85 Å². The Labute approximate surface area is 166 Å². The van der Waals surface area contributed by atoms with Crippen LogP contribution in [0.2, 0.25) is 0 Å². The number of hydrogen-bond donors (Lipinski definition) is 0. The molecule has 0 bridgehead atoms. The zero-order valence-corrected chi connectivity index (χ0v) is 18.1. The molecule has 10 heteroatoms. The van der Waals surface area contributed by atoms with Crippen LogP contribution >= 0.6 is 0 Å². The largest absolute Gasteiger partial charge is 0.385 e. The molecule has 0 spiro atoms. The highest BCUT2D eigenvalue weighted by Gasteiger charge is 2.24. The molecule has 9 nitrogen and oxygen atoms in total. The van der Waals surface area contributed by atoms with Crippen LogP contribution in [0, 0.1) is 0 Å². The van der Waals surface area contributed by atoms with E-state index in [1.807, 2.05) is 27.7 Å². The lowest BCUT2D eigenvalue weighted by molar-refractivity contribution is -0.140. The Bertz CT molecular complexity index is 911. The Balaban J connectivity index is 2.29. The van der Waals surface area contributed by atoms with Crippen molar-refractivity contribution in [3.05, 3.63) is 18.2 Å². The summed E-state index contributed by atoms with van der Waals surface area (Å²) in [6.07, 6.45) is 0. The molecular weight excluding hydrogens is 382 g/mol. The molecule has 0 atom stereocenters. The number of hydrogen-bond acceptors (Lipinski definition) is 6. The molecule has 0 saturated carbocycles. The Morgan fingerprint density at radius 2 is 1.75 bits per heavy atom. The zero-order valence-electron chi connectivity index (χ0n) is 17.3. The average Bonchev–Trinajstić information content (AvgIpc) is 3.02. The summed E-state index contributed by atoms with van der Waals surface area (Å²) in [4.78, 5) is 21.0. The van der Waals surface area contributed by atoms with Crippen LogP contribution in [0.25, 0.3) is 11.0 Å². The van der Waals surface area contributed by atoms with Gasteiger partial charge in [-0.15, -0.1) is 5.10 Å². The van der Waals surface area contributed by atoms with Gasteiger partial charge in [-0.05, 0) is 51.1 Å². The number of sulfonamides is 1. The summed E-state index contributed by atoms with van der Waals surface area (Å²) >= 11 is 0. The molecule has 0 saturated heterocycles. The summed E-state index contributed by atoms with van der Waals surface area (Å²) in [5, 5.41) is 7.86. The predicted octanol–water partition coefficient (Wildman–Crippen LogP) is 1.54. The fourth-order valence-electron chi connectivity index (χ4n) is 3.21. The van der Waals surface area contributed by atoms with Crippen molar-refractivity contribution in [2.45, 2.75) is 58.5 Å². The minimum Gasteiger partial charge on any atom is -0.385 e. The predicted molar refractivity (Wildman–Crippen MR) is 106 cm³/mol. The lowest BCUT2D eigenvalue weighted by Crippen LogP contribution is -2.45. The topological polar surface area (TPSA) is 97.6 Å². The van der Waals surface area contributed by atoms with E-state index in [4.69, 9.17) is 4.84 Å². The number of fused-ring (bicyclic) bond motifs is 1. The van der Waals surface area contributed by atoms with E-state index in [1.165, 1.54) is 16.4 Å². The molecule has 0 aliphatic rings. The van der Waals surface area contributed by atoms with Crippen molar-refractivity contribution >= 4 is 27.0 Å². The highest BCUT2D eigenvalue weighted by atomic mass is 32.2. The lowest BCUT2D eigenvalue weighted by Gasteiger charge is -2.30. The number of carbonyl (C=O) groups is 1. The SMILES string of the molecule is CCN(CC)S(=O)(=O)c1ccc2nnn(OCC(=O)N(C(C)C)C(C)C)c2c1. The molecule has 0 radical (unpaired) electrons. The van der Waals surface area contributed by atoms with E-state index in [-0.39, 0.29) is 29.5 Å². The van der Waals surface area contributed by atoms with Crippen LogP contribution in [0.15, 0.2) is 23.1 Å². The van der Waals surface area contributed by atoms with E-state index in [9.17, 15) is 13.2 Å². The van der Waals surface area contributed by atoms with Gasteiger partial charge in [0, 0.05) is 25.2 Å². The van der Waals surface area contributed by atoms with Crippen LogP contribution in [0.3, 0.4) is 0 Å². The van der Waals surface area contributed by atoms with Gasteiger partial charge in [-0.3, -0.25) is 4.79 Å². The van der Waals surface area contributed by atoms with Gasteiger partial charge in [0.25, 0.3) is 5.91 Å². The van der Waals surface area contributed by atoms with E-state index >= 15 is 0 Å². The van der Waals surface area contributed by atoms with Gasteiger partial charge in [0.2, 0.25) is 10.0 Å². The molecule has 0 aliphatic carbocycles. The fraction of sp³-hybridized carbons (Fsp3) is 0.611. The highest BCUT2D eigenvalue weighted by Crippen LogP contribution is 2.20. The van der Waals surface area contributed by atoms with E-state index < -0.39 is 10.0 Å². The van der Waals surface area contributed by atoms with Gasteiger partial charge < -0.3 is 9.74 Å². The Morgan fingerprint density at radius 3 is 2.29 bits per heavy atom. The van der Waals surface area contributed by atoms with Crippen LogP contribution in [0.5, 0.6) is 0 Å². The van der Waals surface area contributed by atoms with E-state index in [0.29, 0.717) is 24.1 Å². The van der Waals surface area contributed by atoms with Crippen LogP contribution in [0.1, 0.15) is 41.5 Å². The van der Waals surface area contributed by atoms with Crippen molar-refractivity contribution in [1.82, 2.24) is 24.4 Å². The van der Waals surface area contributed by atoms with Crippen molar-refractivity contribution in [3.63, 3.8) is 0 Å². The minimum atomic E-state index is -3.62. The smallest absolute Gasteiger partial charge is 0.263 e. The quantitative estimate of drug-likeness (QED) is 0.621. The Hall–Kier alpha value is -2.20. The first kappa shape index (κ1) is 22.1. The second-order valence-electron chi connectivity index (χ2n) is 6.96. The van der Waals surface area contributed by atoms with E-state index in [1.54, 1.807) is 24.8 Å². The fourth-order valence-corrected chi connectivity index (χ4v) is 4.69. The molecule has 28 heavy (non-hydrogen) atoms. The lowest BCUT2D eigenvalue weighted by atomic mass is 10.2. The van der Waals surface area contributed by atoms with Crippen LogP contribution in [-0.4, -0.2) is 70.5 Å². The molecule has 0 N–H and O–H groups in total. The summed E-state index contributed by atoms with van der Waals surface area (Å²) < 4.78 is 26.9. The summed E-state index contributed by atoms with van der Waals surface area (Å²) in [7, 11) is -3.62.